The van der Waals surface area contributed by atoms with Crippen molar-refractivity contribution in [1.29, 1.82) is 0 Å². The van der Waals surface area contributed by atoms with Crippen molar-refractivity contribution in [3.63, 3.8) is 0 Å². The van der Waals surface area contributed by atoms with E-state index < -0.39 is 28.1 Å². The Kier molecular flexibility index (Phi) is 7.79. The van der Waals surface area contributed by atoms with Gasteiger partial charge in [0.15, 0.2) is 5.01 Å². The van der Waals surface area contributed by atoms with Crippen LogP contribution in [0.5, 0.6) is 0 Å². The number of thiazole rings is 1. The van der Waals surface area contributed by atoms with Crippen LogP contribution in [0.15, 0.2) is 41.3 Å². The third kappa shape index (κ3) is 5.53. The number of amides is 2. The Morgan fingerprint density at radius 1 is 1.13 bits per heavy atom. The number of alkyl halides is 3. The second-order valence-electron chi connectivity index (χ2n) is 9.19. The minimum absolute atomic E-state index is 0.0210. The van der Waals surface area contributed by atoms with Gasteiger partial charge in [0.1, 0.15) is 11.7 Å². The standard InChI is InChI=1S/C24H26F3N5O4S2/c1-13-9-11-32(12-10-13)23(34)19-20(37-22(29-19)21(33)30-28)17-7-8-18(16-6-4-3-5-15(16)17)38(35,36)31-14(2)24(25,26)27/h3-8,13-14,31H,9-12,28H2,1-2H3,(H,30,33). The fourth-order valence-corrected chi connectivity index (χ4v) is 6.67. The van der Waals surface area contributed by atoms with Gasteiger partial charge in [-0.1, -0.05) is 37.3 Å². The number of aromatic nitrogens is 1. The molecule has 0 saturated carbocycles. The van der Waals surface area contributed by atoms with Crippen molar-refractivity contribution in [3.05, 3.63) is 47.1 Å². The summed E-state index contributed by atoms with van der Waals surface area (Å²) in [6.07, 6.45) is -3.13. The van der Waals surface area contributed by atoms with Crippen molar-refractivity contribution >= 4 is 43.9 Å². The van der Waals surface area contributed by atoms with Gasteiger partial charge in [-0.05, 0) is 37.1 Å². The predicted molar refractivity (Wildman–Crippen MR) is 137 cm³/mol. The maximum Gasteiger partial charge on any atom is 0.404 e. The number of carbonyl (C=O) groups is 2. The first-order valence-corrected chi connectivity index (χ1v) is 14.1. The molecule has 9 nitrogen and oxygen atoms in total. The molecule has 1 aliphatic heterocycles. The van der Waals surface area contributed by atoms with Gasteiger partial charge in [0.25, 0.3) is 11.8 Å². The second kappa shape index (κ2) is 10.6. The first-order chi connectivity index (χ1) is 17.8. The smallest absolute Gasteiger partial charge is 0.337 e. The lowest BCUT2D eigenvalue weighted by atomic mass is 9.98. The van der Waals surface area contributed by atoms with E-state index in [0.29, 0.717) is 41.8 Å². The zero-order chi connectivity index (χ0) is 27.8. The highest BCUT2D eigenvalue weighted by Gasteiger charge is 2.39. The topological polar surface area (TPSA) is 134 Å². The Labute approximate surface area is 221 Å². The van der Waals surface area contributed by atoms with Gasteiger partial charge in [0.2, 0.25) is 10.0 Å². The largest absolute Gasteiger partial charge is 0.404 e. The number of fused-ring (bicyclic) bond motifs is 1. The van der Waals surface area contributed by atoms with E-state index in [1.54, 1.807) is 27.8 Å². The summed E-state index contributed by atoms with van der Waals surface area (Å²) in [6.45, 7) is 3.87. The van der Waals surface area contributed by atoms with Gasteiger partial charge in [0, 0.05) is 24.0 Å². The number of nitrogens with zero attached hydrogens (tertiary/aromatic N) is 2. The summed E-state index contributed by atoms with van der Waals surface area (Å²) in [5.74, 6) is 4.68. The van der Waals surface area contributed by atoms with Crippen LogP contribution in [0.2, 0.25) is 0 Å². The molecule has 0 spiro atoms. The second-order valence-corrected chi connectivity index (χ2v) is 11.9. The van der Waals surface area contributed by atoms with Gasteiger partial charge in [-0.3, -0.25) is 15.0 Å². The van der Waals surface area contributed by atoms with E-state index >= 15 is 0 Å². The highest BCUT2D eigenvalue weighted by Crippen LogP contribution is 2.39. The van der Waals surface area contributed by atoms with E-state index in [1.165, 1.54) is 18.2 Å². The Balaban J connectivity index is 1.85. The van der Waals surface area contributed by atoms with Gasteiger partial charge >= 0.3 is 6.18 Å². The third-order valence-corrected chi connectivity index (χ3v) is 9.15. The van der Waals surface area contributed by atoms with Crippen molar-refractivity contribution in [3.8, 4) is 10.4 Å². The Hall–Kier alpha value is -3.07. The van der Waals surface area contributed by atoms with Crippen LogP contribution in [0.3, 0.4) is 0 Å². The van der Waals surface area contributed by atoms with Crippen LogP contribution in [-0.4, -0.2) is 55.4 Å². The number of nitrogens with two attached hydrogens (primary N) is 1. The summed E-state index contributed by atoms with van der Waals surface area (Å²) in [4.78, 5) is 31.7. The lowest BCUT2D eigenvalue weighted by Crippen LogP contribution is -2.43. The van der Waals surface area contributed by atoms with Crippen LogP contribution in [0.4, 0.5) is 13.2 Å². The highest BCUT2D eigenvalue weighted by molar-refractivity contribution is 7.89. The molecule has 3 aromatic rings. The van der Waals surface area contributed by atoms with Gasteiger partial charge in [-0.15, -0.1) is 11.3 Å². The summed E-state index contributed by atoms with van der Waals surface area (Å²) in [7, 11) is -4.57. The number of rotatable bonds is 6. The maximum absolute atomic E-state index is 13.5. The number of halogens is 3. The molecule has 1 unspecified atom stereocenters. The summed E-state index contributed by atoms with van der Waals surface area (Å²) in [6, 6.07) is 6.53. The molecule has 1 fully saturated rings. The van der Waals surface area contributed by atoms with E-state index in [9.17, 15) is 31.2 Å². The number of nitrogens with one attached hydrogen (secondary N) is 2. The summed E-state index contributed by atoms with van der Waals surface area (Å²) >= 11 is 0.916. The van der Waals surface area contributed by atoms with Crippen LogP contribution in [-0.2, 0) is 10.0 Å². The zero-order valence-electron chi connectivity index (χ0n) is 20.5. The summed E-state index contributed by atoms with van der Waals surface area (Å²) in [5, 5.41) is 0.452. The Bertz CT molecular complexity index is 1480. The van der Waals surface area contributed by atoms with Crippen molar-refractivity contribution in [2.24, 2.45) is 11.8 Å². The molecule has 2 heterocycles. The molecule has 4 rings (SSSR count). The molecule has 2 aromatic carbocycles. The molecule has 1 atom stereocenters. The zero-order valence-corrected chi connectivity index (χ0v) is 22.1. The van der Waals surface area contributed by atoms with Gasteiger partial charge in [-0.2, -0.15) is 17.9 Å². The third-order valence-electron chi connectivity index (χ3n) is 6.47. The maximum atomic E-state index is 13.5. The van der Waals surface area contributed by atoms with Crippen LogP contribution in [0.25, 0.3) is 21.2 Å². The van der Waals surface area contributed by atoms with Gasteiger partial charge < -0.3 is 4.90 Å². The molecule has 1 aromatic heterocycles. The van der Waals surface area contributed by atoms with E-state index in [1.807, 2.05) is 5.43 Å². The monoisotopic (exact) mass is 569 g/mol. The molecule has 1 aliphatic rings. The number of carbonyl (C=O) groups excluding carboxylic acids is 2. The van der Waals surface area contributed by atoms with Crippen LogP contribution >= 0.6 is 11.3 Å². The molecule has 204 valence electrons. The van der Waals surface area contributed by atoms with Crippen LogP contribution in [0, 0.1) is 5.92 Å². The number of nitrogen functional groups attached to an aromatic ring is 1. The number of hydrogen-bond donors (Lipinski definition) is 3. The number of hydrogen-bond acceptors (Lipinski definition) is 7. The van der Waals surface area contributed by atoms with Crippen molar-refractivity contribution in [2.45, 2.75) is 43.8 Å². The first kappa shape index (κ1) is 28.0. The molecule has 0 bridgehead atoms. The fourth-order valence-electron chi connectivity index (χ4n) is 4.23. The Morgan fingerprint density at radius 3 is 2.37 bits per heavy atom. The summed E-state index contributed by atoms with van der Waals surface area (Å²) < 4.78 is 66.8. The average Bonchev–Trinajstić information content (AvgIpc) is 3.32. The minimum atomic E-state index is -4.77. The average molecular weight is 570 g/mol. The van der Waals surface area contributed by atoms with Crippen molar-refractivity contribution in [2.75, 3.05) is 13.1 Å². The molecule has 14 heteroatoms. The van der Waals surface area contributed by atoms with Crippen molar-refractivity contribution in [1.82, 2.24) is 20.0 Å². The SMILES string of the molecule is CC1CCN(C(=O)c2nc(C(=O)NN)sc2-c2ccc(S(=O)(=O)NC(C)C(F)(F)F)c3ccccc23)CC1. The number of sulfonamides is 1. The molecule has 2 amide bonds. The molecule has 1 saturated heterocycles. The lowest BCUT2D eigenvalue weighted by Gasteiger charge is -2.30. The van der Waals surface area contributed by atoms with E-state index in [-0.39, 0.29) is 26.9 Å². The minimum Gasteiger partial charge on any atom is -0.337 e. The fraction of sp³-hybridized carbons (Fsp3) is 0.375. The molecular formula is C24H26F3N5O4S2. The number of benzene rings is 2. The predicted octanol–water partition coefficient (Wildman–Crippen LogP) is 3.67. The normalized spacial score (nSPS) is 16.0. The molecule has 0 radical (unpaired) electrons. The lowest BCUT2D eigenvalue weighted by molar-refractivity contribution is -0.147. The number of likely N-dealkylation sites (tertiary alicyclic amines) is 1. The molecule has 38 heavy (non-hydrogen) atoms. The van der Waals surface area contributed by atoms with Crippen LogP contribution < -0.4 is 16.0 Å². The van der Waals surface area contributed by atoms with Crippen LogP contribution in [0.1, 0.15) is 47.0 Å². The van der Waals surface area contributed by atoms with Gasteiger partial charge in [-0.25, -0.2) is 19.2 Å². The van der Waals surface area contributed by atoms with E-state index in [2.05, 4.69) is 11.9 Å². The number of piperidine rings is 1. The quantitative estimate of drug-likeness (QED) is 0.236. The first-order valence-electron chi connectivity index (χ1n) is 11.8. The van der Waals surface area contributed by atoms with E-state index in [0.717, 1.165) is 24.2 Å². The Morgan fingerprint density at radius 2 is 1.76 bits per heavy atom. The summed E-state index contributed by atoms with van der Waals surface area (Å²) in [5.41, 5.74) is 2.43. The molecule has 0 aliphatic carbocycles. The number of hydrazine groups is 1. The highest BCUT2D eigenvalue weighted by atomic mass is 32.2. The van der Waals surface area contributed by atoms with Crippen molar-refractivity contribution < 1.29 is 31.2 Å². The molecule has 4 N–H and O–H groups in total. The van der Waals surface area contributed by atoms with Gasteiger partial charge in [0.05, 0.1) is 9.77 Å². The molecular weight excluding hydrogens is 543 g/mol. The van der Waals surface area contributed by atoms with E-state index in [4.69, 9.17) is 5.84 Å².